The molecule has 146 valence electrons. The third-order valence-corrected chi connectivity index (χ3v) is 5.33. The molecule has 7 nitrogen and oxygen atoms in total. The number of benzene rings is 2. The number of anilines is 1. The quantitative estimate of drug-likeness (QED) is 0.709. The lowest BCUT2D eigenvalue weighted by Crippen LogP contribution is -2.36. The summed E-state index contributed by atoms with van der Waals surface area (Å²) in [4.78, 5) is 11.5. The summed E-state index contributed by atoms with van der Waals surface area (Å²) < 4.78 is 30.6. The van der Waals surface area contributed by atoms with Crippen molar-refractivity contribution in [2.24, 2.45) is 0 Å². The Morgan fingerprint density at radius 3 is 2.64 bits per heavy atom. The lowest BCUT2D eigenvalue weighted by atomic mass is 10.0. The van der Waals surface area contributed by atoms with Crippen molar-refractivity contribution >= 4 is 26.9 Å². The molecule has 1 aliphatic rings. The number of morpholine rings is 1. The van der Waals surface area contributed by atoms with Gasteiger partial charge in [0.05, 0.1) is 36.7 Å². The van der Waals surface area contributed by atoms with Gasteiger partial charge in [0, 0.05) is 19.6 Å². The molecule has 28 heavy (non-hydrogen) atoms. The van der Waals surface area contributed by atoms with E-state index in [2.05, 4.69) is 14.6 Å². The number of nitrogens with zero attached hydrogens (tertiary/aromatic N) is 3. The summed E-state index contributed by atoms with van der Waals surface area (Å²) in [5.74, 6) is 0.860. The Labute approximate surface area is 164 Å². The minimum atomic E-state index is -3.23. The second-order valence-corrected chi connectivity index (χ2v) is 8.66. The van der Waals surface area contributed by atoms with Crippen LogP contribution in [0.5, 0.6) is 0 Å². The molecule has 8 heteroatoms. The summed E-state index contributed by atoms with van der Waals surface area (Å²) in [5.41, 5.74) is 4.60. The van der Waals surface area contributed by atoms with Crippen LogP contribution in [-0.2, 0) is 21.3 Å². The molecule has 1 N–H and O–H groups in total. The number of ether oxygens (including phenoxy) is 1. The first kappa shape index (κ1) is 18.8. The van der Waals surface area contributed by atoms with Crippen molar-refractivity contribution in [2.45, 2.75) is 6.54 Å². The van der Waals surface area contributed by atoms with Crippen molar-refractivity contribution in [3.63, 3.8) is 0 Å². The van der Waals surface area contributed by atoms with E-state index in [1.807, 2.05) is 48.7 Å². The number of rotatable bonds is 5. The Kier molecular flexibility index (Phi) is 5.25. The van der Waals surface area contributed by atoms with E-state index in [9.17, 15) is 8.42 Å². The molecule has 1 fully saturated rings. The summed E-state index contributed by atoms with van der Waals surface area (Å²) >= 11 is 0. The molecule has 0 unspecified atom stereocenters. The van der Waals surface area contributed by atoms with Crippen LogP contribution < -0.4 is 9.62 Å². The first-order chi connectivity index (χ1) is 13.5. The van der Waals surface area contributed by atoms with Crippen LogP contribution in [0.25, 0.3) is 22.2 Å². The Morgan fingerprint density at radius 2 is 1.86 bits per heavy atom. The van der Waals surface area contributed by atoms with Crippen LogP contribution in [0.1, 0.15) is 5.56 Å². The normalized spacial score (nSPS) is 15.1. The summed E-state index contributed by atoms with van der Waals surface area (Å²) in [6.07, 6.45) is 2.97. The van der Waals surface area contributed by atoms with Crippen LogP contribution in [0.2, 0.25) is 0 Å². The van der Waals surface area contributed by atoms with Crippen molar-refractivity contribution in [3.8, 4) is 11.1 Å². The van der Waals surface area contributed by atoms with E-state index in [1.165, 1.54) is 0 Å². The smallest absolute Gasteiger partial charge is 0.209 e. The molecule has 3 aromatic rings. The van der Waals surface area contributed by atoms with Gasteiger partial charge in [-0.3, -0.25) is 4.98 Å². The Morgan fingerprint density at radius 1 is 1.07 bits per heavy atom. The van der Waals surface area contributed by atoms with Crippen LogP contribution >= 0.6 is 0 Å². The van der Waals surface area contributed by atoms with Crippen molar-refractivity contribution in [1.29, 1.82) is 0 Å². The zero-order valence-electron chi connectivity index (χ0n) is 15.6. The summed E-state index contributed by atoms with van der Waals surface area (Å²) in [7, 11) is -3.23. The largest absolute Gasteiger partial charge is 0.378 e. The predicted octanol–water partition coefficient (Wildman–Crippen LogP) is 2.18. The van der Waals surface area contributed by atoms with E-state index >= 15 is 0 Å². The summed E-state index contributed by atoms with van der Waals surface area (Å²) in [6, 6.07) is 13.8. The van der Waals surface area contributed by atoms with Gasteiger partial charge < -0.3 is 9.64 Å². The van der Waals surface area contributed by atoms with Crippen molar-refractivity contribution in [2.75, 3.05) is 37.5 Å². The van der Waals surface area contributed by atoms with E-state index in [0.717, 1.165) is 52.9 Å². The lowest BCUT2D eigenvalue weighted by Gasteiger charge is -2.27. The molecular formula is C20H22N4O3S. The zero-order valence-corrected chi connectivity index (χ0v) is 16.4. The molecule has 0 amide bonds. The van der Waals surface area contributed by atoms with Gasteiger partial charge in [0.2, 0.25) is 10.0 Å². The predicted molar refractivity (Wildman–Crippen MR) is 110 cm³/mol. The highest BCUT2D eigenvalue weighted by Crippen LogP contribution is 2.25. The van der Waals surface area contributed by atoms with Crippen LogP contribution in [0.3, 0.4) is 0 Å². The highest BCUT2D eigenvalue weighted by Gasteiger charge is 2.13. The molecule has 1 saturated heterocycles. The number of fused-ring (bicyclic) bond motifs is 1. The lowest BCUT2D eigenvalue weighted by molar-refractivity contribution is 0.122. The SMILES string of the molecule is CS(=O)(=O)NCc1cccc(-c2ccc3ncc(N4CCOCC4)nc3c2)c1. The van der Waals surface area contributed by atoms with Gasteiger partial charge in [-0.2, -0.15) is 0 Å². The maximum Gasteiger partial charge on any atom is 0.209 e. The number of hydrogen-bond donors (Lipinski definition) is 1. The highest BCUT2D eigenvalue weighted by molar-refractivity contribution is 7.88. The van der Waals surface area contributed by atoms with Gasteiger partial charge in [0.1, 0.15) is 5.82 Å². The minimum Gasteiger partial charge on any atom is -0.378 e. The van der Waals surface area contributed by atoms with Crippen LogP contribution in [-0.4, -0.2) is 50.9 Å². The van der Waals surface area contributed by atoms with Gasteiger partial charge in [0.15, 0.2) is 0 Å². The monoisotopic (exact) mass is 398 g/mol. The van der Waals surface area contributed by atoms with Crippen molar-refractivity contribution in [3.05, 3.63) is 54.2 Å². The van der Waals surface area contributed by atoms with Crippen LogP contribution in [0, 0.1) is 0 Å². The Balaban J connectivity index is 1.63. The maximum absolute atomic E-state index is 11.3. The fourth-order valence-electron chi connectivity index (χ4n) is 3.20. The molecule has 4 rings (SSSR count). The van der Waals surface area contributed by atoms with Gasteiger partial charge >= 0.3 is 0 Å². The Bertz CT molecular complexity index is 1100. The number of nitrogens with one attached hydrogen (secondary N) is 1. The average molecular weight is 398 g/mol. The van der Waals surface area contributed by atoms with E-state index in [4.69, 9.17) is 9.72 Å². The summed E-state index contributed by atoms with van der Waals surface area (Å²) in [5, 5.41) is 0. The number of sulfonamides is 1. The standard InChI is InChI=1S/C20H22N4O3S/c1-28(25,26)22-13-15-3-2-4-16(11-15)17-5-6-18-19(12-17)23-20(14-21-18)24-7-9-27-10-8-24/h2-6,11-12,14,22H,7-10,13H2,1H3. The molecule has 0 radical (unpaired) electrons. The highest BCUT2D eigenvalue weighted by atomic mass is 32.2. The molecule has 0 bridgehead atoms. The average Bonchev–Trinajstić information content (AvgIpc) is 2.72. The first-order valence-electron chi connectivity index (χ1n) is 9.11. The molecule has 1 aliphatic heterocycles. The molecule has 0 spiro atoms. The van der Waals surface area contributed by atoms with Crippen molar-refractivity contribution in [1.82, 2.24) is 14.7 Å². The molecule has 0 aliphatic carbocycles. The second kappa shape index (κ2) is 7.83. The summed E-state index contributed by atoms with van der Waals surface area (Å²) in [6.45, 7) is 3.30. The zero-order chi connectivity index (χ0) is 19.6. The van der Waals surface area contributed by atoms with E-state index in [0.29, 0.717) is 13.2 Å². The molecule has 0 atom stereocenters. The van der Waals surface area contributed by atoms with E-state index in [-0.39, 0.29) is 6.54 Å². The van der Waals surface area contributed by atoms with Gasteiger partial charge in [-0.15, -0.1) is 0 Å². The second-order valence-electron chi connectivity index (χ2n) is 6.82. The number of aromatic nitrogens is 2. The van der Waals surface area contributed by atoms with Crippen LogP contribution in [0.15, 0.2) is 48.7 Å². The third kappa shape index (κ3) is 4.46. The fraction of sp³-hybridized carbons (Fsp3) is 0.300. The molecule has 0 saturated carbocycles. The maximum atomic E-state index is 11.3. The van der Waals surface area contributed by atoms with Gasteiger partial charge in [-0.1, -0.05) is 24.3 Å². The first-order valence-corrected chi connectivity index (χ1v) is 11.0. The number of hydrogen-bond acceptors (Lipinski definition) is 6. The van der Waals surface area contributed by atoms with Gasteiger partial charge in [-0.25, -0.2) is 18.1 Å². The van der Waals surface area contributed by atoms with E-state index < -0.39 is 10.0 Å². The van der Waals surface area contributed by atoms with E-state index in [1.54, 1.807) is 0 Å². The molecule has 2 heterocycles. The molecule has 1 aromatic heterocycles. The topological polar surface area (TPSA) is 84.4 Å². The minimum absolute atomic E-state index is 0.265. The molecule has 2 aromatic carbocycles. The van der Waals surface area contributed by atoms with Crippen molar-refractivity contribution < 1.29 is 13.2 Å². The Hall–Kier alpha value is -2.55. The third-order valence-electron chi connectivity index (χ3n) is 4.66. The fourth-order valence-corrected chi connectivity index (χ4v) is 3.63. The van der Waals surface area contributed by atoms with Crippen LogP contribution in [0.4, 0.5) is 5.82 Å². The van der Waals surface area contributed by atoms with Gasteiger partial charge in [-0.05, 0) is 34.9 Å². The van der Waals surface area contributed by atoms with Gasteiger partial charge in [0.25, 0.3) is 0 Å². The molecular weight excluding hydrogens is 376 g/mol.